The van der Waals surface area contributed by atoms with E-state index in [0.717, 1.165) is 16.5 Å². The zero-order valence-electron chi connectivity index (χ0n) is 9.95. The molecule has 1 heterocycles. The summed E-state index contributed by atoms with van der Waals surface area (Å²) in [6.45, 7) is 4.03. The van der Waals surface area contributed by atoms with Crippen LogP contribution in [0.2, 0.25) is 0 Å². The van der Waals surface area contributed by atoms with E-state index in [1.165, 1.54) is 0 Å². The summed E-state index contributed by atoms with van der Waals surface area (Å²) < 4.78 is 0. The van der Waals surface area contributed by atoms with Crippen molar-refractivity contribution in [2.75, 3.05) is 0 Å². The first-order chi connectivity index (χ1) is 7.97. The highest BCUT2D eigenvalue weighted by atomic mass is 16.4. The molecule has 17 heavy (non-hydrogen) atoms. The first kappa shape index (κ1) is 10.4. The standard InChI is InChI=1S/C14H15NO2/c1-13(2)8-14(13,12(16)17)10-3-4-11-9(7-10)5-6-15-11/h3-7,15H,8H2,1-2H3,(H,16,17). The third-order valence-electron chi connectivity index (χ3n) is 4.15. The first-order valence-electron chi connectivity index (χ1n) is 5.78. The summed E-state index contributed by atoms with van der Waals surface area (Å²) in [5.41, 5.74) is 1.12. The molecular weight excluding hydrogens is 214 g/mol. The van der Waals surface area contributed by atoms with Crippen LogP contribution in [0.5, 0.6) is 0 Å². The summed E-state index contributed by atoms with van der Waals surface area (Å²) in [6, 6.07) is 7.87. The van der Waals surface area contributed by atoms with Crippen molar-refractivity contribution in [2.45, 2.75) is 25.7 Å². The highest BCUT2D eigenvalue weighted by Gasteiger charge is 2.67. The molecule has 1 unspecified atom stereocenters. The Bertz CT molecular complexity index is 611. The molecule has 3 heteroatoms. The zero-order valence-corrected chi connectivity index (χ0v) is 9.95. The third-order valence-corrected chi connectivity index (χ3v) is 4.15. The highest BCUT2D eigenvalue weighted by Crippen LogP contribution is 2.64. The lowest BCUT2D eigenvalue weighted by Gasteiger charge is -2.16. The maximum absolute atomic E-state index is 11.6. The van der Waals surface area contributed by atoms with Crippen LogP contribution in [0.4, 0.5) is 0 Å². The molecule has 1 atom stereocenters. The van der Waals surface area contributed by atoms with E-state index in [1.807, 2.05) is 44.3 Å². The lowest BCUT2D eigenvalue weighted by Crippen LogP contribution is -2.25. The van der Waals surface area contributed by atoms with Crippen LogP contribution in [0.3, 0.4) is 0 Å². The lowest BCUT2D eigenvalue weighted by atomic mass is 9.87. The van der Waals surface area contributed by atoms with E-state index in [1.54, 1.807) is 0 Å². The Labute approximate surface area is 99.5 Å². The Balaban J connectivity index is 2.17. The minimum absolute atomic E-state index is 0.150. The number of carbonyl (C=O) groups is 1. The predicted octanol–water partition coefficient (Wildman–Crippen LogP) is 2.92. The van der Waals surface area contributed by atoms with Gasteiger partial charge in [-0.1, -0.05) is 19.9 Å². The smallest absolute Gasteiger partial charge is 0.314 e. The lowest BCUT2D eigenvalue weighted by molar-refractivity contribution is -0.141. The van der Waals surface area contributed by atoms with Crippen LogP contribution in [0.25, 0.3) is 10.9 Å². The zero-order chi connectivity index (χ0) is 12.3. The molecule has 3 rings (SSSR count). The Morgan fingerprint density at radius 1 is 1.35 bits per heavy atom. The van der Waals surface area contributed by atoms with Crippen molar-refractivity contribution in [2.24, 2.45) is 5.41 Å². The van der Waals surface area contributed by atoms with E-state index in [9.17, 15) is 9.90 Å². The van der Waals surface area contributed by atoms with Gasteiger partial charge in [-0.3, -0.25) is 4.79 Å². The van der Waals surface area contributed by atoms with Gasteiger partial charge in [0.25, 0.3) is 0 Å². The Morgan fingerprint density at radius 2 is 2.06 bits per heavy atom. The molecule has 88 valence electrons. The molecule has 1 fully saturated rings. The molecule has 0 spiro atoms. The van der Waals surface area contributed by atoms with Crippen molar-refractivity contribution >= 4 is 16.9 Å². The number of fused-ring (bicyclic) bond motifs is 1. The second-order valence-electron chi connectivity index (χ2n) is 5.55. The molecule has 1 aliphatic carbocycles. The van der Waals surface area contributed by atoms with E-state index < -0.39 is 11.4 Å². The molecule has 0 amide bonds. The van der Waals surface area contributed by atoms with Crippen LogP contribution in [-0.4, -0.2) is 16.1 Å². The van der Waals surface area contributed by atoms with E-state index >= 15 is 0 Å². The number of H-pyrrole nitrogens is 1. The number of benzene rings is 1. The fourth-order valence-corrected chi connectivity index (χ4v) is 2.92. The molecule has 2 N–H and O–H groups in total. The Hall–Kier alpha value is -1.77. The normalized spacial score (nSPS) is 26.0. The number of hydrogen-bond donors (Lipinski definition) is 2. The first-order valence-corrected chi connectivity index (χ1v) is 5.78. The van der Waals surface area contributed by atoms with E-state index in [0.29, 0.717) is 6.42 Å². The van der Waals surface area contributed by atoms with E-state index in [2.05, 4.69) is 4.98 Å². The van der Waals surface area contributed by atoms with Gasteiger partial charge in [-0.25, -0.2) is 0 Å². The molecule has 1 aromatic heterocycles. The van der Waals surface area contributed by atoms with Gasteiger partial charge >= 0.3 is 5.97 Å². The van der Waals surface area contributed by atoms with Gasteiger partial charge in [0, 0.05) is 11.7 Å². The van der Waals surface area contributed by atoms with Gasteiger partial charge < -0.3 is 10.1 Å². The van der Waals surface area contributed by atoms with Crippen molar-refractivity contribution in [3.63, 3.8) is 0 Å². The van der Waals surface area contributed by atoms with Gasteiger partial charge in [0.05, 0.1) is 5.41 Å². The number of aliphatic carboxylic acids is 1. The fourth-order valence-electron chi connectivity index (χ4n) is 2.92. The molecule has 0 radical (unpaired) electrons. The molecule has 1 saturated carbocycles. The van der Waals surface area contributed by atoms with Crippen LogP contribution in [0, 0.1) is 5.41 Å². The number of carboxylic acid groups (broad SMARTS) is 1. The highest BCUT2D eigenvalue weighted by molar-refractivity contribution is 5.89. The molecular formula is C14H15NO2. The number of aromatic nitrogens is 1. The van der Waals surface area contributed by atoms with Crippen molar-refractivity contribution in [3.05, 3.63) is 36.0 Å². The summed E-state index contributed by atoms with van der Waals surface area (Å²) in [4.78, 5) is 14.7. The molecule has 1 aliphatic rings. The Kier molecular flexibility index (Phi) is 1.78. The molecule has 2 aromatic rings. The second kappa shape index (κ2) is 2.92. The molecule has 0 bridgehead atoms. The molecule has 1 aromatic carbocycles. The summed E-state index contributed by atoms with van der Waals surface area (Å²) in [7, 11) is 0. The topological polar surface area (TPSA) is 53.1 Å². The molecule has 3 nitrogen and oxygen atoms in total. The average Bonchev–Trinajstić information content (AvgIpc) is 2.67. The monoisotopic (exact) mass is 229 g/mol. The fraction of sp³-hybridized carbons (Fsp3) is 0.357. The van der Waals surface area contributed by atoms with E-state index in [-0.39, 0.29) is 5.41 Å². The van der Waals surface area contributed by atoms with Crippen LogP contribution >= 0.6 is 0 Å². The number of aromatic amines is 1. The van der Waals surface area contributed by atoms with Crippen molar-refractivity contribution < 1.29 is 9.90 Å². The summed E-state index contributed by atoms with van der Waals surface area (Å²) >= 11 is 0. The molecule has 0 aliphatic heterocycles. The predicted molar refractivity (Wildman–Crippen MR) is 66.0 cm³/mol. The summed E-state index contributed by atoms with van der Waals surface area (Å²) in [6.07, 6.45) is 2.59. The Morgan fingerprint density at radius 3 is 2.65 bits per heavy atom. The van der Waals surface area contributed by atoms with Gasteiger partial charge in [0.15, 0.2) is 0 Å². The van der Waals surface area contributed by atoms with Gasteiger partial charge in [-0.2, -0.15) is 0 Å². The van der Waals surface area contributed by atoms with Gasteiger partial charge in [-0.05, 0) is 41.0 Å². The average molecular weight is 229 g/mol. The third kappa shape index (κ3) is 1.19. The second-order valence-corrected chi connectivity index (χ2v) is 5.55. The van der Waals surface area contributed by atoms with Gasteiger partial charge in [-0.15, -0.1) is 0 Å². The number of hydrogen-bond acceptors (Lipinski definition) is 1. The number of nitrogens with one attached hydrogen (secondary N) is 1. The minimum atomic E-state index is -0.711. The van der Waals surface area contributed by atoms with Crippen molar-refractivity contribution in [3.8, 4) is 0 Å². The van der Waals surface area contributed by atoms with Crippen LogP contribution in [0.15, 0.2) is 30.5 Å². The quantitative estimate of drug-likeness (QED) is 0.831. The van der Waals surface area contributed by atoms with E-state index in [4.69, 9.17) is 0 Å². The molecule has 0 saturated heterocycles. The van der Waals surface area contributed by atoms with Crippen molar-refractivity contribution in [1.29, 1.82) is 0 Å². The maximum Gasteiger partial charge on any atom is 0.314 e. The SMILES string of the molecule is CC1(C)CC1(C(=O)O)c1ccc2[nH]ccc2c1. The summed E-state index contributed by atoms with van der Waals surface area (Å²) in [5, 5.41) is 10.6. The van der Waals surface area contributed by atoms with Gasteiger partial charge in [0.1, 0.15) is 0 Å². The van der Waals surface area contributed by atoms with Gasteiger partial charge in [0.2, 0.25) is 0 Å². The maximum atomic E-state index is 11.6. The number of rotatable bonds is 2. The van der Waals surface area contributed by atoms with Crippen molar-refractivity contribution in [1.82, 2.24) is 4.98 Å². The number of carboxylic acids is 1. The minimum Gasteiger partial charge on any atom is -0.481 e. The summed E-state index contributed by atoms with van der Waals surface area (Å²) in [5.74, 6) is -0.711. The largest absolute Gasteiger partial charge is 0.481 e. The van der Waals surface area contributed by atoms with Crippen LogP contribution < -0.4 is 0 Å². The van der Waals surface area contributed by atoms with Crippen LogP contribution in [-0.2, 0) is 10.2 Å². The van der Waals surface area contributed by atoms with Crippen LogP contribution in [0.1, 0.15) is 25.8 Å².